The van der Waals surface area contributed by atoms with E-state index in [9.17, 15) is 13.6 Å². The van der Waals surface area contributed by atoms with Gasteiger partial charge in [-0.05, 0) is 37.1 Å². The fraction of sp³-hybridized carbons (Fsp3) is 0.500. The third-order valence-corrected chi connectivity index (χ3v) is 3.32. The van der Waals surface area contributed by atoms with Gasteiger partial charge in [-0.15, -0.1) is 0 Å². The molecule has 0 aromatic heterocycles. The minimum atomic E-state index is -0.888. The number of carbonyl (C=O) groups excluding carboxylic acids is 1. The predicted molar refractivity (Wildman–Crippen MR) is 68.5 cm³/mol. The van der Waals surface area contributed by atoms with Gasteiger partial charge in [-0.3, -0.25) is 4.79 Å². The highest BCUT2D eigenvalue weighted by Gasteiger charge is 2.16. The molecule has 1 aromatic carbocycles. The van der Waals surface area contributed by atoms with E-state index < -0.39 is 11.6 Å². The third-order valence-electron chi connectivity index (χ3n) is 3.32. The van der Waals surface area contributed by atoms with Gasteiger partial charge in [0.1, 0.15) is 0 Å². The summed E-state index contributed by atoms with van der Waals surface area (Å²) in [6, 6.07) is 3.88. The third kappa shape index (κ3) is 4.28. The number of halogens is 2. The minimum absolute atomic E-state index is 0.0656. The van der Waals surface area contributed by atoms with Gasteiger partial charge in [0.2, 0.25) is 5.91 Å². The van der Waals surface area contributed by atoms with Gasteiger partial charge < -0.3 is 10.6 Å². The molecule has 1 amide bonds. The molecule has 1 aromatic rings. The summed E-state index contributed by atoms with van der Waals surface area (Å²) in [7, 11) is 0. The molecule has 19 heavy (non-hydrogen) atoms. The Balaban J connectivity index is 1.77. The SMILES string of the molecule is O=C(CC1CCCCN1)NCc1ccc(F)c(F)c1. The molecule has 1 atom stereocenters. The number of benzene rings is 1. The van der Waals surface area contributed by atoms with Crippen molar-refractivity contribution in [1.29, 1.82) is 0 Å². The van der Waals surface area contributed by atoms with Crippen LogP contribution in [0.4, 0.5) is 8.78 Å². The van der Waals surface area contributed by atoms with Gasteiger partial charge >= 0.3 is 0 Å². The molecule has 0 aliphatic carbocycles. The zero-order valence-electron chi connectivity index (χ0n) is 10.7. The molecule has 0 saturated carbocycles. The number of carbonyl (C=O) groups is 1. The minimum Gasteiger partial charge on any atom is -0.352 e. The van der Waals surface area contributed by atoms with Gasteiger partial charge in [-0.25, -0.2) is 8.78 Å². The molecule has 0 radical (unpaired) electrons. The monoisotopic (exact) mass is 268 g/mol. The van der Waals surface area contributed by atoms with E-state index in [0.29, 0.717) is 12.0 Å². The predicted octanol–water partition coefficient (Wildman–Crippen LogP) is 2.11. The van der Waals surface area contributed by atoms with Crippen molar-refractivity contribution >= 4 is 5.91 Å². The molecule has 104 valence electrons. The summed E-state index contributed by atoms with van der Waals surface area (Å²) in [5.41, 5.74) is 0.559. The Morgan fingerprint density at radius 2 is 2.16 bits per heavy atom. The number of nitrogens with one attached hydrogen (secondary N) is 2. The molecule has 1 heterocycles. The molecular weight excluding hydrogens is 250 g/mol. The number of amides is 1. The average molecular weight is 268 g/mol. The van der Waals surface area contributed by atoms with E-state index >= 15 is 0 Å². The second kappa shape index (κ2) is 6.61. The largest absolute Gasteiger partial charge is 0.352 e. The summed E-state index contributed by atoms with van der Waals surface area (Å²) in [6.07, 6.45) is 3.75. The smallest absolute Gasteiger partial charge is 0.221 e. The maximum atomic E-state index is 13.0. The van der Waals surface area contributed by atoms with Crippen LogP contribution in [0.5, 0.6) is 0 Å². The van der Waals surface area contributed by atoms with Crippen LogP contribution in [0.3, 0.4) is 0 Å². The normalized spacial score (nSPS) is 19.2. The lowest BCUT2D eigenvalue weighted by atomic mass is 10.0. The first-order valence-corrected chi connectivity index (χ1v) is 6.59. The number of hydrogen-bond donors (Lipinski definition) is 2. The van der Waals surface area contributed by atoms with E-state index in [1.807, 2.05) is 0 Å². The summed E-state index contributed by atoms with van der Waals surface area (Å²) in [5, 5.41) is 6.02. The van der Waals surface area contributed by atoms with Gasteiger partial charge in [0.15, 0.2) is 11.6 Å². The Morgan fingerprint density at radius 1 is 1.32 bits per heavy atom. The van der Waals surface area contributed by atoms with Crippen molar-refractivity contribution in [3.05, 3.63) is 35.4 Å². The molecule has 2 rings (SSSR count). The Labute approximate surface area is 111 Å². The van der Waals surface area contributed by atoms with Crippen LogP contribution in [0.15, 0.2) is 18.2 Å². The molecule has 1 fully saturated rings. The Morgan fingerprint density at radius 3 is 2.84 bits per heavy atom. The summed E-state index contributed by atoms with van der Waals surface area (Å²) < 4.78 is 25.7. The zero-order valence-corrected chi connectivity index (χ0v) is 10.7. The summed E-state index contributed by atoms with van der Waals surface area (Å²) in [5.74, 6) is -1.83. The standard InChI is InChI=1S/C14H18F2N2O/c15-12-5-4-10(7-13(12)16)9-18-14(19)8-11-3-1-2-6-17-11/h4-5,7,11,17H,1-3,6,8-9H2,(H,18,19). The number of hydrogen-bond acceptors (Lipinski definition) is 2. The van der Waals surface area contributed by atoms with Crippen molar-refractivity contribution in [3.63, 3.8) is 0 Å². The molecule has 1 aliphatic rings. The van der Waals surface area contributed by atoms with Gasteiger partial charge in [0, 0.05) is 19.0 Å². The quantitative estimate of drug-likeness (QED) is 0.878. The van der Waals surface area contributed by atoms with Crippen molar-refractivity contribution in [3.8, 4) is 0 Å². The fourth-order valence-corrected chi connectivity index (χ4v) is 2.24. The van der Waals surface area contributed by atoms with Crippen LogP contribution in [0, 0.1) is 11.6 Å². The van der Waals surface area contributed by atoms with Crippen molar-refractivity contribution in [2.75, 3.05) is 6.54 Å². The summed E-state index contributed by atoms with van der Waals surface area (Å²) in [6.45, 7) is 1.18. The second-order valence-electron chi connectivity index (χ2n) is 4.88. The van der Waals surface area contributed by atoms with E-state index in [4.69, 9.17) is 0 Å². The number of rotatable bonds is 4. The molecule has 0 spiro atoms. The summed E-state index contributed by atoms with van der Waals surface area (Å²) >= 11 is 0. The molecule has 1 aliphatic heterocycles. The van der Waals surface area contributed by atoms with Crippen molar-refractivity contribution < 1.29 is 13.6 Å². The van der Waals surface area contributed by atoms with Gasteiger partial charge in [-0.2, -0.15) is 0 Å². The topological polar surface area (TPSA) is 41.1 Å². The highest BCUT2D eigenvalue weighted by molar-refractivity contribution is 5.76. The maximum Gasteiger partial charge on any atom is 0.221 e. The van der Waals surface area contributed by atoms with Crippen LogP contribution >= 0.6 is 0 Å². The van der Waals surface area contributed by atoms with E-state index in [1.165, 1.54) is 6.07 Å². The molecule has 1 saturated heterocycles. The Kier molecular flexibility index (Phi) is 4.85. The Hall–Kier alpha value is -1.49. The molecule has 3 nitrogen and oxygen atoms in total. The van der Waals surface area contributed by atoms with E-state index in [1.54, 1.807) is 0 Å². The van der Waals surface area contributed by atoms with E-state index in [0.717, 1.165) is 37.9 Å². The van der Waals surface area contributed by atoms with E-state index in [-0.39, 0.29) is 18.5 Å². The lowest BCUT2D eigenvalue weighted by Gasteiger charge is -2.22. The van der Waals surface area contributed by atoms with Crippen LogP contribution in [-0.2, 0) is 11.3 Å². The molecule has 2 N–H and O–H groups in total. The van der Waals surface area contributed by atoms with Crippen molar-refractivity contribution in [1.82, 2.24) is 10.6 Å². The first-order valence-electron chi connectivity index (χ1n) is 6.59. The van der Waals surface area contributed by atoms with Gasteiger partial charge in [-0.1, -0.05) is 12.5 Å². The highest BCUT2D eigenvalue weighted by Crippen LogP contribution is 2.11. The van der Waals surface area contributed by atoms with Crippen LogP contribution in [0.25, 0.3) is 0 Å². The maximum absolute atomic E-state index is 13.0. The molecule has 5 heteroatoms. The average Bonchev–Trinajstić information content (AvgIpc) is 2.41. The van der Waals surface area contributed by atoms with Crippen LogP contribution in [0.1, 0.15) is 31.2 Å². The highest BCUT2D eigenvalue weighted by atomic mass is 19.2. The first-order chi connectivity index (χ1) is 9.15. The first kappa shape index (κ1) is 13.9. The molecule has 1 unspecified atom stereocenters. The Bertz CT molecular complexity index is 445. The van der Waals surface area contributed by atoms with Gasteiger partial charge in [0.05, 0.1) is 0 Å². The van der Waals surface area contributed by atoms with E-state index in [2.05, 4.69) is 10.6 Å². The van der Waals surface area contributed by atoms with Crippen molar-refractivity contribution in [2.24, 2.45) is 0 Å². The van der Waals surface area contributed by atoms with Crippen molar-refractivity contribution in [2.45, 2.75) is 38.3 Å². The molecular formula is C14H18F2N2O. The summed E-state index contributed by atoms with van der Waals surface area (Å²) in [4.78, 5) is 11.7. The van der Waals surface area contributed by atoms with Crippen LogP contribution < -0.4 is 10.6 Å². The van der Waals surface area contributed by atoms with Crippen LogP contribution in [0.2, 0.25) is 0 Å². The fourth-order valence-electron chi connectivity index (χ4n) is 2.24. The van der Waals surface area contributed by atoms with Crippen LogP contribution in [-0.4, -0.2) is 18.5 Å². The molecule has 0 bridgehead atoms. The second-order valence-corrected chi connectivity index (χ2v) is 4.88. The zero-order chi connectivity index (χ0) is 13.7. The van der Waals surface area contributed by atoms with Gasteiger partial charge in [0.25, 0.3) is 0 Å². The lowest BCUT2D eigenvalue weighted by Crippen LogP contribution is -2.38. The number of piperidine rings is 1. The lowest BCUT2D eigenvalue weighted by molar-refractivity contribution is -0.121.